The van der Waals surface area contributed by atoms with Gasteiger partial charge < -0.3 is 10.0 Å². The van der Waals surface area contributed by atoms with Crippen LogP contribution in [0.3, 0.4) is 0 Å². The molecule has 24 heavy (non-hydrogen) atoms. The third-order valence-corrected chi connectivity index (χ3v) is 3.66. The van der Waals surface area contributed by atoms with Crippen molar-refractivity contribution in [1.29, 1.82) is 0 Å². The summed E-state index contributed by atoms with van der Waals surface area (Å²) < 4.78 is 43.1. The van der Waals surface area contributed by atoms with Gasteiger partial charge in [0.1, 0.15) is 5.52 Å². The third-order valence-electron chi connectivity index (χ3n) is 3.66. The van der Waals surface area contributed by atoms with Crippen LogP contribution in [0, 0.1) is 0 Å². The fourth-order valence-electron chi connectivity index (χ4n) is 2.47. The van der Waals surface area contributed by atoms with E-state index in [2.05, 4.69) is 14.9 Å². The Bertz CT molecular complexity index is 833. The number of benzene rings is 2. The number of aliphatic hydroxyl groups excluding tert-OH is 1. The Morgan fingerprint density at radius 1 is 1.17 bits per heavy atom. The molecule has 1 unspecified atom stereocenters. The van der Waals surface area contributed by atoms with Crippen molar-refractivity contribution in [2.45, 2.75) is 18.8 Å². The zero-order chi connectivity index (χ0) is 17.3. The number of fused-ring (bicyclic) bond motifs is 1. The molecule has 126 valence electrons. The van der Waals surface area contributed by atoms with Crippen molar-refractivity contribution in [2.24, 2.45) is 0 Å². The van der Waals surface area contributed by atoms with Crippen molar-refractivity contribution in [2.75, 3.05) is 11.9 Å². The normalized spacial score (nSPS) is 13.2. The summed E-state index contributed by atoms with van der Waals surface area (Å²) in [6, 6.07) is 11.8. The number of aromatic nitrogens is 2. The molecule has 0 radical (unpaired) electrons. The van der Waals surface area contributed by atoms with Crippen molar-refractivity contribution >= 4 is 16.7 Å². The van der Waals surface area contributed by atoms with Gasteiger partial charge in [-0.1, -0.05) is 30.3 Å². The quantitative estimate of drug-likeness (QED) is 0.790. The highest BCUT2D eigenvalue weighted by atomic mass is 19.4. The van der Waals surface area contributed by atoms with Crippen LogP contribution in [0.1, 0.15) is 17.2 Å². The Labute approximate surface area is 135 Å². The number of aliphatic hydroxyl groups is 1. The van der Waals surface area contributed by atoms with Crippen LogP contribution in [0.15, 0.2) is 47.1 Å². The van der Waals surface area contributed by atoms with Gasteiger partial charge in [0.2, 0.25) is 0 Å². The van der Waals surface area contributed by atoms with Gasteiger partial charge in [0, 0.05) is 13.6 Å². The first-order valence-corrected chi connectivity index (χ1v) is 7.12. The van der Waals surface area contributed by atoms with Gasteiger partial charge in [-0.2, -0.15) is 13.2 Å². The fourth-order valence-corrected chi connectivity index (χ4v) is 2.47. The van der Waals surface area contributed by atoms with Crippen LogP contribution in [0.25, 0.3) is 11.0 Å². The van der Waals surface area contributed by atoms with E-state index in [4.69, 9.17) is 0 Å². The predicted octanol–water partition coefficient (Wildman–Crippen LogP) is 3.45. The zero-order valence-corrected chi connectivity index (χ0v) is 12.7. The maximum absolute atomic E-state index is 12.8. The average molecular weight is 337 g/mol. The molecule has 3 aromatic rings. The lowest BCUT2D eigenvalue weighted by Crippen LogP contribution is -2.21. The van der Waals surface area contributed by atoms with E-state index in [0.29, 0.717) is 17.7 Å². The summed E-state index contributed by atoms with van der Waals surface area (Å²) in [7, 11) is 1.72. The Morgan fingerprint density at radius 2 is 1.88 bits per heavy atom. The molecule has 2 aromatic carbocycles. The summed E-state index contributed by atoms with van der Waals surface area (Å²) >= 11 is 0. The molecule has 0 aliphatic rings. The molecule has 3 rings (SSSR count). The van der Waals surface area contributed by atoms with E-state index in [0.717, 1.165) is 11.6 Å². The monoisotopic (exact) mass is 337 g/mol. The molecule has 0 bridgehead atoms. The highest BCUT2D eigenvalue weighted by Crippen LogP contribution is 2.36. The molecule has 1 heterocycles. The Kier molecular flexibility index (Phi) is 4.15. The minimum Gasteiger partial charge on any atom is -0.379 e. The molecule has 0 fully saturated rings. The molecule has 1 atom stereocenters. The largest absolute Gasteiger partial charge is 0.418 e. The second-order valence-electron chi connectivity index (χ2n) is 5.46. The fraction of sp³-hybridized carbons (Fsp3) is 0.250. The number of hydrogen-bond acceptors (Lipinski definition) is 5. The molecule has 0 saturated carbocycles. The van der Waals surface area contributed by atoms with Crippen LogP contribution in [0.5, 0.6) is 0 Å². The van der Waals surface area contributed by atoms with E-state index < -0.39 is 12.3 Å². The van der Waals surface area contributed by atoms with Gasteiger partial charge in [-0.05, 0) is 33.6 Å². The molecule has 8 heteroatoms. The first-order chi connectivity index (χ1) is 11.4. The standard InChI is InChI=1S/C16H14F3N3O2/c1-22(9-10-5-3-2-4-6-10)13-8-11(15(23)16(17,18)19)7-12-14(13)21-24-20-12/h2-8,15,23H,9H2,1H3. The predicted molar refractivity (Wildman–Crippen MR) is 81.4 cm³/mol. The molecular formula is C16H14F3N3O2. The third kappa shape index (κ3) is 3.18. The van der Waals surface area contributed by atoms with Crippen LogP contribution in [-0.2, 0) is 6.54 Å². The SMILES string of the molecule is CN(Cc1ccccc1)c1cc(C(O)C(F)(F)F)cc2nonc12. The zero-order valence-electron chi connectivity index (χ0n) is 12.7. The van der Waals surface area contributed by atoms with Crippen molar-refractivity contribution < 1.29 is 22.9 Å². The van der Waals surface area contributed by atoms with Crippen molar-refractivity contribution in [3.8, 4) is 0 Å². The second-order valence-corrected chi connectivity index (χ2v) is 5.46. The Balaban J connectivity index is 2.01. The summed E-state index contributed by atoms with van der Waals surface area (Å²) in [5.74, 6) is 0. The summed E-state index contributed by atoms with van der Waals surface area (Å²) in [5, 5.41) is 16.9. The van der Waals surface area contributed by atoms with Gasteiger partial charge in [0.15, 0.2) is 11.6 Å². The minimum atomic E-state index is -4.76. The van der Waals surface area contributed by atoms with Crippen molar-refractivity contribution in [3.05, 3.63) is 53.6 Å². The van der Waals surface area contributed by atoms with Crippen LogP contribution in [-0.4, -0.2) is 28.6 Å². The van der Waals surface area contributed by atoms with Gasteiger partial charge in [0.05, 0.1) is 5.69 Å². The lowest BCUT2D eigenvalue weighted by molar-refractivity contribution is -0.206. The highest BCUT2D eigenvalue weighted by molar-refractivity contribution is 5.88. The van der Waals surface area contributed by atoms with E-state index in [1.807, 2.05) is 30.3 Å². The summed E-state index contributed by atoms with van der Waals surface area (Å²) in [5.41, 5.74) is 1.57. The molecule has 0 aliphatic carbocycles. The van der Waals surface area contributed by atoms with Crippen LogP contribution in [0.2, 0.25) is 0 Å². The molecule has 0 aliphatic heterocycles. The molecule has 1 N–H and O–H groups in total. The number of nitrogens with zero attached hydrogens (tertiary/aromatic N) is 3. The topological polar surface area (TPSA) is 62.4 Å². The molecule has 0 amide bonds. The van der Waals surface area contributed by atoms with Crippen LogP contribution < -0.4 is 4.90 Å². The van der Waals surface area contributed by atoms with E-state index in [-0.39, 0.29) is 11.1 Å². The van der Waals surface area contributed by atoms with Gasteiger partial charge in [-0.3, -0.25) is 0 Å². The number of anilines is 1. The van der Waals surface area contributed by atoms with Crippen LogP contribution in [0.4, 0.5) is 18.9 Å². The molecule has 1 aromatic heterocycles. The number of rotatable bonds is 4. The number of alkyl halides is 3. The van der Waals surface area contributed by atoms with Gasteiger partial charge in [0.25, 0.3) is 0 Å². The molecule has 0 saturated heterocycles. The molecular weight excluding hydrogens is 323 g/mol. The number of halogens is 3. The molecule has 0 spiro atoms. The van der Waals surface area contributed by atoms with Crippen molar-refractivity contribution in [3.63, 3.8) is 0 Å². The minimum absolute atomic E-state index is 0.158. The van der Waals surface area contributed by atoms with E-state index >= 15 is 0 Å². The lowest BCUT2D eigenvalue weighted by atomic mass is 10.1. The summed E-state index contributed by atoms with van der Waals surface area (Å²) in [6.45, 7) is 0.453. The van der Waals surface area contributed by atoms with E-state index in [1.165, 1.54) is 6.07 Å². The first kappa shape index (κ1) is 16.3. The summed E-state index contributed by atoms with van der Waals surface area (Å²) in [4.78, 5) is 1.73. The molecule has 5 nitrogen and oxygen atoms in total. The number of hydrogen-bond donors (Lipinski definition) is 1. The highest BCUT2D eigenvalue weighted by Gasteiger charge is 2.40. The smallest absolute Gasteiger partial charge is 0.379 e. The van der Waals surface area contributed by atoms with Gasteiger partial charge in [-0.25, -0.2) is 4.63 Å². The van der Waals surface area contributed by atoms with E-state index in [9.17, 15) is 18.3 Å². The summed E-state index contributed by atoms with van der Waals surface area (Å²) in [6.07, 6.45) is -7.36. The maximum atomic E-state index is 12.8. The first-order valence-electron chi connectivity index (χ1n) is 7.12. The van der Waals surface area contributed by atoms with Crippen LogP contribution >= 0.6 is 0 Å². The van der Waals surface area contributed by atoms with E-state index in [1.54, 1.807) is 11.9 Å². The van der Waals surface area contributed by atoms with Crippen molar-refractivity contribution in [1.82, 2.24) is 10.3 Å². The Hall–Kier alpha value is -2.61. The second kappa shape index (κ2) is 6.12. The Morgan fingerprint density at radius 3 is 2.54 bits per heavy atom. The van der Waals surface area contributed by atoms with Gasteiger partial charge in [-0.15, -0.1) is 0 Å². The lowest BCUT2D eigenvalue weighted by Gasteiger charge is -2.22. The average Bonchev–Trinajstić information content (AvgIpc) is 3.01. The maximum Gasteiger partial charge on any atom is 0.418 e. The van der Waals surface area contributed by atoms with Gasteiger partial charge >= 0.3 is 6.18 Å².